The van der Waals surface area contributed by atoms with Gasteiger partial charge >= 0.3 is 5.97 Å². The van der Waals surface area contributed by atoms with E-state index in [2.05, 4.69) is 9.50 Å². The van der Waals surface area contributed by atoms with E-state index in [0.717, 1.165) is 6.26 Å². The largest absolute Gasteiger partial charge is 0.462 e. The van der Waals surface area contributed by atoms with E-state index in [9.17, 15) is 18.0 Å². The molecule has 1 saturated heterocycles. The van der Waals surface area contributed by atoms with E-state index in [-0.39, 0.29) is 12.5 Å². The van der Waals surface area contributed by atoms with Gasteiger partial charge in [0.25, 0.3) is 10.1 Å². The van der Waals surface area contributed by atoms with Crippen LogP contribution in [0.1, 0.15) is 13.8 Å². The summed E-state index contributed by atoms with van der Waals surface area (Å²) in [5.74, 6) is -1.33. The van der Waals surface area contributed by atoms with Crippen LogP contribution in [0.5, 0.6) is 0 Å². The molecule has 0 radical (unpaired) electrons. The molecule has 0 aromatic rings. The molecule has 1 aliphatic heterocycles. The molecule has 0 spiro atoms. The number of nitrogens with one attached hydrogen (secondary N) is 1. The maximum atomic E-state index is 11.3. The van der Waals surface area contributed by atoms with Crippen LogP contribution in [0, 0.1) is 5.92 Å². The van der Waals surface area contributed by atoms with E-state index in [0.29, 0.717) is 0 Å². The summed E-state index contributed by atoms with van der Waals surface area (Å²) >= 11 is 0. The third-order valence-electron chi connectivity index (χ3n) is 2.38. The van der Waals surface area contributed by atoms with Gasteiger partial charge in [-0.3, -0.25) is 13.8 Å². The summed E-state index contributed by atoms with van der Waals surface area (Å²) in [6, 6.07) is -0.452. The lowest BCUT2D eigenvalue weighted by atomic mass is 9.86. The van der Waals surface area contributed by atoms with Crippen molar-refractivity contribution < 1.29 is 26.9 Å². The van der Waals surface area contributed by atoms with E-state index < -0.39 is 34.2 Å². The zero-order valence-corrected chi connectivity index (χ0v) is 10.6. The highest BCUT2D eigenvalue weighted by Gasteiger charge is 2.44. The van der Waals surface area contributed by atoms with Crippen LogP contribution in [-0.4, -0.2) is 45.3 Å². The lowest BCUT2D eigenvalue weighted by Gasteiger charge is -2.39. The number of hydrogen-bond acceptors (Lipinski definition) is 6. The molecule has 0 unspecified atom stereocenters. The average molecular weight is 265 g/mol. The van der Waals surface area contributed by atoms with Gasteiger partial charge in [0.2, 0.25) is 5.91 Å². The molecule has 0 aromatic carbocycles. The van der Waals surface area contributed by atoms with Crippen LogP contribution < -0.4 is 5.32 Å². The second-order valence-corrected chi connectivity index (χ2v) is 5.59. The number of β-lactam (4-membered cyclic amide) rings is 1. The minimum atomic E-state index is -3.54. The Morgan fingerprint density at radius 2 is 2.12 bits per heavy atom. The van der Waals surface area contributed by atoms with Crippen LogP contribution in [0.15, 0.2) is 0 Å². The van der Waals surface area contributed by atoms with Crippen molar-refractivity contribution in [2.75, 3.05) is 12.9 Å². The van der Waals surface area contributed by atoms with Crippen molar-refractivity contribution >= 4 is 22.0 Å². The van der Waals surface area contributed by atoms with Gasteiger partial charge in [-0.1, -0.05) is 0 Å². The summed E-state index contributed by atoms with van der Waals surface area (Å²) in [5, 5.41) is 2.50. The molecule has 0 aliphatic carbocycles. The first-order valence-corrected chi connectivity index (χ1v) is 6.84. The summed E-state index contributed by atoms with van der Waals surface area (Å²) in [4.78, 5) is 22.0. The molecule has 3 atom stereocenters. The van der Waals surface area contributed by atoms with Crippen LogP contribution in [0.3, 0.4) is 0 Å². The van der Waals surface area contributed by atoms with E-state index in [1.807, 2.05) is 0 Å². The summed E-state index contributed by atoms with van der Waals surface area (Å²) in [6.07, 6.45) is 0.326. The molecule has 0 bridgehead atoms. The number of carbonyl (C=O) groups excluding carboxylic acids is 2. The molecule has 8 heteroatoms. The molecule has 1 amide bonds. The molecule has 1 heterocycles. The fraction of sp³-hybridized carbons (Fsp3) is 0.778. The fourth-order valence-electron chi connectivity index (χ4n) is 1.67. The van der Waals surface area contributed by atoms with Crippen molar-refractivity contribution in [1.82, 2.24) is 5.32 Å². The van der Waals surface area contributed by atoms with Crippen molar-refractivity contribution in [3.8, 4) is 0 Å². The second kappa shape index (κ2) is 5.01. The Morgan fingerprint density at radius 1 is 1.53 bits per heavy atom. The number of amides is 1. The smallest absolute Gasteiger partial charge is 0.302 e. The predicted molar refractivity (Wildman–Crippen MR) is 57.4 cm³/mol. The number of hydrogen-bond donors (Lipinski definition) is 1. The topological polar surface area (TPSA) is 98.8 Å². The SMILES string of the molecule is CC(=O)O[C@H](C)[C@@H]1C(=O)N[C@H]1COS(C)(=O)=O. The van der Waals surface area contributed by atoms with Gasteiger partial charge in [-0.05, 0) is 6.92 Å². The van der Waals surface area contributed by atoms with Crippen LogP contribution >= 0.6 is 0 Å². The van der Waals surface area contributed by atoms with Gasteiger partial charge in [-0.25, -0.2) is 0 Å². The Hall–Kier alpha value is -1.15. The number of esters is 1. The Balaban J connectivity index is 2.53. The van der Waals surface area contributed by atoms with Crippen molar-refractivity contribution in [2.45, 2.75) is 26.0 Å². The maximum absolute atomic E-state index is 11.3. The van der Waals surface area contributed by atoms with Crippen LogP contribution in [0.2, 0.25) is 0 Å². The lowest BCUT2D eigenvalue weighted by molar-refractivity contribution is -0.157. The van der Waals surface area contributed by atoms with Crippen molar-refractivity contribution in [1.29, 1.82) is 0 Å². The molecule has 0 saturated carbocycles. The molecular weight excluding hydrogens is 250 g/mol. The number of ether oxygens (including phenoxy) is 1. The van der Waals surface area contributed by atoms with Gasteiger partial charge in [0.15, 0.2) is 0 Å². The van der Waals surface area contributed by atoms with E-state index >= 15 is 0 Å². The van der Waals surface area contributed by atoms with Crippen LogP contribution in [0.25, 0.3) is 0 Å². The molecule has 17 heavy (non-hydrogen) atoms. The second-order valence-electron chi connectivity index (χ2n) is 3.94. The normalized spacial score (nSPS) is 25.7. The predicted octanol–water partition coefficient (Wildman–Crippen LogP) is -0.971. The Bertz CT molecular complexity index is 417. The molecule has 1 aliphatic rings. The molecular formula is C9H15NO6S. The summed E-state index contributed by atoms with van der Waals surface area (Å²) in [5.41, 5.74) is 0. The molecule has 7 nitrogen and oxygen atoms in total. The molecule has 0 aromatic heterocycles. The van der Waals surface area contributed by atoms with Gasteiger partial charge < -0.3 is 10.1 Å². The van der Waals surface area contributed by atoms with Crippen molar-refractivity contribution in [3.63, 3.8) is 0 Å². The van der Waals surface area contributed by atoms with E-state index in [4.69, 9.17) is 4.74 Å². The standard InChI is InChI=1S/C9H15NO6S/c1-5(16-6(2)11)8-7(10-9(8)12)4-15-17(3,13)14/h5,7-8H,4H2,1-3H3,(H,10,12)/t5-,7+,8+/m1/s1. The van der Waals surface area contributed by atoms with Gasteiger partial charge in [0.05, 0.1) is 24.8 Å². The number of carbonyl (C=O) groups is 2. The van der Waals surface area contributed by atoms with E-state index in [1.165, 1.54) is 6.92 Å². The average Bonchev–Trinajstić information content (AvgIpc) is 2.08. The van der Waals surface area contributed by atoms with Gasteiger partial charge in [0, 0.05) is 6.92 Å². The lowest BCUT2D eigenvalue weighted by Crippen LogP contribution is -2.64. The van der Waals surface area contributed by atoms with Crippen molar-refractivity contribution in [3.05, 3.63) is 0 Å². The highest BCUT2D eigenvalue weighted by atomic mass is 32.2. The number of rotatable bonds is 5. The zero-order chi connectivity index (χ0) is 13.2. The third kappa shape index (κ3) is 3.97. The highest BCUT2D eigenvalue weighted by molar-refractivity contribution is 7.85. The summed E-state index contributed by atoms with van der Waals surface area (Å²) < 4.78 is 31.0. The molecule has 1 fully saturated rings. The Kier molecular flexibility index (Phi) is 4.10. The first kappa shape index (κ1) is 13.9. The van der Waals surface area contributed by atoms with Gasteiger partial charge in [-0.15, -0.1) is 0 Å². The minimum Gasteiger partial charge on any atom is -0.462 e. The van der Waals surface area contributed by atoms with Gasteiger partial charge in [0.1, 0.15) is 6.10 Å². The summed E-state index contributed by atoms with van der Waals surface area (Å²) in [7, 11) is -3.54. The first-order valence-electron chi connectivity index (χ1n) is 5.02. The molecule has 1 rings (SSSR count). The quantitative estimate of drug-likeness (QED) is 0.390. The molecule has 98 valence electrons. The maximum Gasteiger partial charge on any atom is 0.302 e. The highest BCUT2D eigenvalue weighted by Crippen LogP contribution is 2.22. The third-order valence-corrected chi connectivity index (χ3v) is 2.95. The summed E-state index contributed by atoms with van der Waals surface area (Å²) in [6.45, 7) is 2.67. The monoisotopic (exact) mass is 265 g/mol. The van der Waals surface area contributed by atoms with Crippen LogP contribution in [-0.2, 0) is 28.6 Å². The van der Waals surface area contributed by atoms with Crippen LogP contribution in [0.4, 0.5) is 0 Å². The Labute approximate surface area is 99.6 Å². The zero-order valence-electron chi connectivity index (χ0n) is 9.80. The van der Waals surface area contributed by atoms with Gasteiger partial charge in [-0.2, -0.15) is 8.42 Å². The van der Waals surface area contributed by atoms with Crippen molar-refractivity contribution in [2.24, 2.45) is 5.92 Å². The fourth-order valence-corrected chi connectivity index (χ4v) is 2.07. The minimum absolute atomic E-state index is 0.152. The Morgan fingerprint density at radius 3 is 2.53 bits per heavy atom. The van der Waals surface area contributed by atoms with E-state index in [1.54, 1.807) is 6.92 Å². The first-order chi connectivity index (χ1) is 7.70. The molecule has 1 N–H and O–H groups in total.